The van der Waals surface area contributed by atoms with Gasteiger partial charge >= 0.3 is 17.7 Å². The Morgan fingerprint density at radius 3 is 1.66 bits per heavy atom. The lowest BCUT2D eigenvalue weighted by atomic mass is 9.79. The van der Waals surface area contributed by atoms with Gasteiger partial charge in [0.05, 0.1) is 26.4 Å². The molecule has 0 bridgehead atoms. The average Bonchev–Trinajstić information content (AvgIpc) is 3.21. The number of hydrogen-bond donors (Lipinski definition) is 8. The highest BCUT2D eigenvalue weighted by Gasteiger charge is 2.77. The lowest BCUT2D eigenvalue weighted by molar-refractivity contribution is -0.438. The van der Waals surface area contributed by atoms with E-state index in [1.807, 2.05) is 13.8 Å². The van der Waals surface area contributed by atoms with Gasteiger partial charge in [-0.25, -0.2) is 9.59 Å². The van der Waals surface area contributed by atoms with Crippen molar-refractivity contribution in [3.05, 3.63) is 0 Å². The lowest BCUT2D eigenvalue weighted by Crippen LogP contribution is -2.81. The predicted molar refractivity (Wildman–Crippen MR) is 137 cm³/mol. The summed E-state index contributed by atoms with van der Waals surface area (Å²) in [7, 11) is 0. The Morgan fingerprint density at radius 1 is 0.707 bits per heavy atom. The highest BCUT2D eigenvalue weighted by Crippen LogP contribution is 2.46. The van der Waals surface area contributed by atoms with E-state index in [1.165, 1.54) is 0 Å². The maximum Gasteiger partial charge on any atom is 0.371 e. The fourth-order valence-corrected chi connectivity index (χ4v) is 4.85. The molecule has 0 aromatic carbocycles. The summed E-state index contributed by atoms with van der Waals surface area (Å²) in [6, 6.07) is 0. The number of aliphatic hydroxyl groups excluding tert-OH is 7. The molecule has 0 spiro atoms. The average molecular weight is 599 g/mol. The number of rotatable bonds is 17. The monoisotopic (exact) mass is 598 g/mol. The van der Waals surface area contributed by atoms with Crippen molar-refractivity contribution < 1.29 is 74.1 Å². The van der Waals surface area contributed by atoms with Gasteiger partial charge in [-0.15, -0.1) is 0 Å². The molecular weight excluding hydrogens is 552 g/mol. The van der Waals surface area contributed by atoms with Gasteiger partial charge in [0.2, 0.25) is 5.79 Å². The van der Waals surface area contributed by atoms with Crippen molar-refractivity contribution in [2.24, 2.45) is 0 Å². The number of carbonyl (C=O) groups is 2. The van der Waals surface area contributed by atoms with E-state index in [-0.39, 0.29) is 13.2 Å². The molecule has 15 heteroatoms. The third kappa shape index (κ3) is 7.18. The SMILES string of the molecule is CCCCCCOC(=O)[C@@]1(OC2(CO)O[C@H](CO)[C@@H](O)[C@@H]2O)O[C@H](CO)[C@@H](O)[C@H](O)[C@]1(O)C(=O)OCCCCCC. The van der Waals surface area contributed by atoms with Crippen LogP contribution in [0.4, 0.5) is 0 Å². The molecule has 0 saturated carbocycles. The Kier molecular flexibility index (Phi) is 13.8. The molecule has 2 aliphatic heterocycles. The summed E-state index contributed by atoms with van der Waals surface area (Å²) in [4.78, 5) is 27.2. The molecule has 0 amide bonds. The van der Waals surface area contributed by atoms with E-state index in [0.29, 0.717) is 25.7 Å². The predicted octanol–water partition coefficient (Wildman–Crippen LogP) is -2.41. The molecule has 2 heterocycles. The molecule has 2 aliphatic rings. The van der Waals surface area contributed by atoms with Crippen molar-refractivity contribution >= 4 is 11.9 Å². The van der Waals surface area contributed by atoms with E-state index < -0.39 is 85.6 Å². The highest BCUT2D eigenvalue weighted by molar-refractivity contribution is 5.92. The van der Waals surface area contributed by atoms with Crippen molar-refractivity contribution in [2.75, 3.05) is 33.0 Å². The topological polar surface area (TPSA) is 242 Å². The third-order valence-electron chi connectivity index (χ3n) is 7.40. The number of unbranched alkanes of at least 4 members (excludes halogenated alkanes) is 6. The van der Waals surface area contributed by atoms with Crippen molar-refractivity contribution in [1.82, 2.24) is 0 Å². The fraction of sp³-hybridized carbons (Fsp3) is 0.923. The van der Waals surface area contributed by atoms with E-state index in [1.54, 1.807) is 0 Å². The Bertz CT molecular complexity index is 829. The molecule has 9 atom stereocenters. The molecule has 0 aromatic heterocycles. The fourth-order valence-electron chi connectivity index (χ4n) is 4.85. The molecule has 0 radical (unpaired) electrons. The highest BCUT2D eigenvalue weighted by atomic mass is 16.8. The van der Waals surface area contributed by atoms with Gasteiger partial charge in [0.15, 0.2) is 0 Å². The summed E-state index contributed by atoms with van der Waals surface area (Å²) < 4.78 is 26.9. The van der Waals surface area contributed by atoms with E-state index in [0.717, 1.165) is 25.7 Å². The molecule has 1 unspecified atom stereocenters. The number of hydrogen-bond acceptors (Lipinski definition) is 15. The van der Waals surface area contributed by atoms with Crippen LogP contribution < -0.4 is 0 Å². The van der Waals surface area contributed by atoms with Crippen LogP contribution >= 0.6 is 0 Å². The second-order valence-electron chi connectivity index (χ2n) is 10.4. The standard InChI is InChI=1S/C26H46O15/c1-3-5-7-9-11-37-22(34)25(36)21(33)19(31)17(14-28)40-26(25,23(35)38-12-10-8-6-4-2)41-24(15-29)20(32)18(30)16(13-27)39-24/h16-21,27-33,36H,3-15H2,1-2H3/t16-,17-,18-,19-,20+,21+,24?,25+,26+/m1/s1. The first-order valence-corrected chi connectivity index (χ1v) is 14.1. The summed E-state index contributed by atoms with van der Waals surface area (Å²) in [6.07, 6.45) is -6.99. The van der Waals surface area contributed by atoms with Gasteiger partial charge in [-0.1, -0.05) is 52.4 Å². The molecular formula is C26H46O15. The molecule has 15 nitrogen and oxygen atoms in total. The van der Waals surface area contributed by atoms with Gasteiger partial charge in [0, 0.05) is 0 Å². The van der Waals surface area contributed by atoms with Crippen molar-refractivity contribution in [1.29, 1.82) is 0 Å². The number of carbonyl (C=O) groups excluding carboxylic acids is 2. The van der Waals surface area contributed by atoms with Crippen LogP contribution in [0.5, 0.6) is 0 Å². The maximum atomic E-state index is 13.7. The first-order chi connectivity index (χ1) is 19.5. The van der Waals surface area contributed by atoms with Crippen LogP contribution in [-0.2, 0) is 33.3 Å². The van der Waals surface area contributed by atoms with Gasteiger partial charge in [-0.05, 0) is 12.8 Å². The van der Waals surface area contributed by atoms with Crippen LogP contribution in [0.2, 0.25) is 0 Å². The summed E-state index contributed by atoms with van der Waals surface area (Å²) in [6.45, 7) is 0.0750. The van der Waals surface area contributed by atoms with Gasteiger partial charge in [0.1, 0.15) is 43.2 Å². The van der Waals surface area contributed by atoms with E-state index in [2.05, 4.69) is 0 Å². The van der Waals surface area contributed by atoms with Crippen molar-refractivity contribution in [3.8, 4) is 0 Å². The Hall–Kier alpha value is -1.50. The van der Waals surface area contributed by atoms with Crippen LogP contribution in [0.3, 0.4) is 0 Å². The van der Waals surface area contributed by atoms with Crippen LogP contribution in [0.25, 0.3) is 0 Å². The molecule has 240 valence electrons. The lowest BCUT2D eigenvalue weighted by Gasteiger charge is -2.53. The largest absolute Gasteiger partial charge is 0.463 e. The molecule has 0 aromatic rings. The zero-order chi connectivity index (χ0) is 30.8. The minimum atomic E-state index is -3.61. The molecule has 2 saturated heterocycles. The molecule has 41 heavy (non-hydrogen) atoms. The van der Waals surface area contributed by atoms with Gasteiger partial charge in [-0.2, -0.15) is 0 Å². The van der Waals surface area contributed by atoms with Gasteiger partial charge < -0.3 is 59.8 Å². The third-order valence-corrected chi connectivity index (χ3v) is 7.40. The summed E-state index contributed by atoms with van der Waals surface area (Å²) in [5.74, 6) is -9.70. The van der Waals surface area contributed by atoms with E-state index >= 15 is 0 Å². The van der Waals surface area contributed by atoms with E-state index in [9.17, 15) is 50.4 Å². The second kappa shape index (κ2) is 15.8. The van der Waals surface area contributed by atoms with Gasteiger partial charge in [-0.3, -0.25) is 4.74 Å². The van der Waals surface area contributed by atoms with E-state index in [4.69, 9.17) is 23.7 Å². The quantitative estimate of drug-likeness (QED) is 0.0642. The van der Waals surface area contributed by atoms with Crippen LogP contribution in [0.15, 0.2) is 0 Å². The summed E-state index contributed by atoms with van der Waals surface area (Å²) >= 11 is 0. The van der Waals surface area contributed by atoms with Crippen LogP contribution in [0.1, 0.15) is 65.2 Å². The smallest absolute Gasteiger partial charge is 0.371 e. The normalized spacial score (nSPS) is 37.2. The number of aliphatic hydroxyl groups is 8. The Labute approximate surface area is 238 Å². The summed E-state index contributed by atoms with van der Waals surface area (Å²) in [5.41, 5.74) is -3.61. The molecule has 8 N–H and O–H groups in total. The first-order valence-electron chi connectivity index (χ1n) is 14.1. The Balaban J connectivity index is 2.62. The molecule has 2 fully saturated rings. The van der Waals surface area contributed by atoms with Crippen LogP contribution in [0, 0.1) is 0 Å². The zero-order valence-electron chi connectivity index (χ0n) is 23.6. The summed E-state index contributed by atoms with van der Waals surface area (Å²) in [5, 5.41) is 84.2. The zero-order valence-corrected chi connectivity index (χ0v) is 23.6. The Morgan fingerprint density at radius 2 is 1.20 bits per heavy atom. The van der Waals surface area contributed by atoms with Gasteiger partial charge in [0.25, 0.3) is 5.60 Å². The van der Waals surface area contributed by atoms with Crippen molar-refractivity contribution in [3.63, 3.8) is 0 Å². The number of ether oxygens (including phenoxy) is 5. The maximum absolute atomic E-state index is 13.7. The second-order valence-corrected chi connectivity index (χ2v) is 10.4. The van der Waals surface area contributed by atoms with Crippen molar-refractivity contribution in [2.45, 2.75) is 119 Å². The first kappa shape index (κ1) is 35.7. The number of esters is 2. The minimum Gasteiger partial charge on any atom is -0.463 e. The molecule has 0 aliphatic carbocycles. The minimum absolute atomic E-state index is 0.273. The molecule has 2 rings (SSSR count). The van der Waals surface area contributed by atoms with Crippen LogP contribution in [-0.4, -0.2) is 140 Å².